The molecule has 0 aliphatic rings. The number of halogens is 1. The highest BCUT2D eigenvalue weighted by atomic mass is 35.5. The Kier molecular flexibility index (Phi) is 4.94. The molecule has 8 heteroatoms. The third kappa shape index (κ3) is 4.32. The Bertz CT molecular complexity index is 732. The van der Waals surface area contributed by atoms with Crippen LogP contribution in [0.2, 0.25) is 5.02 Å². The number of pyridine rings is 2. The predicted octanol–water partition coefficient (Wildman–Crippen LogP) is 3.62. The van der Waals surface area contributed by atoms with Crippen LogP contribution >= 0.6 is 23.8 Å². The number of anilines is 1. The van der Waals surface area contributed by atoms with Gasteiger partial charge in [0.2, 0.25) is 11.8 Å². The standard InChI is InChI=1S/C13H9ClN4O2S/c1-8(19)18-12-4-9(2-3-15-12)20-13-5-10(14)11(6-16-13)17-7-21/h2-6H,1H3,(H,15,18,19). The second-order valence-corrected chi connectivity index (χ2v) is 4.43. The van der Waals surface area contributed by atoms with Crippen LogP contribution in [0.1, 0.15) is 6.92 Å². The number of isothiocyanates is 1. The minimum Gasteiger partial charge on any atom is -0.439 e. The lowest BCUT2D eigenvalue weighted by molar-refractivity contribution is -0.114. The van der Waals surface area contributed by atoms with Gasteiger partial charge in [0.25, 0.3) is 0 Å². The van der Waals surface area contributed by atoms with Gasteiger partial charge in [-0.2, -0.15) is 4.99 Å². The number of ether oxygens (including phenoxy) is 1. The van der Waals surface area contributed by atoms with Gasteiger partial charge in [0.15, 0.2) is 0 Å². The van der Waals surface area contributed by atoms with Crippen LogP contribution in [0, 0.1) is 0 Å². The predicted molar refractivity (Wildman–Crippen MR) is 82.5 cm³/mol. The molecular formula is C13H9ClN4O2S. The van der Waals surface area contributed by atoms with Gasteiger partial charge in [-0.15, -0.1) is 0 Å². The fourth-order valence-corrected chi connectivity index (χ4v) is 1.72. The van der Waals surface area contributed by atoms with Crippen LogP contribution in [-0.2, 0) is 4.79 Å². The molecule has 0 aromatic carbocycles. The van der Waals surface area contributed by atoms with E-state index in [1.807, 2.05) is 0 Å². The molecule has 0 radical (unpaired) electrons. The number of hydrogen-bond donors (Lipinski definition) is 1. The number of rotatable bonds is 4. The highest BCUT2D eigenvalue weighted by Gasteiger charge is 2.06. The van der Waals surface area contributed by atoms with Crippen molar-refractivity contribution in [2.75, 3.05) is 5.32 Å². The van der Waals surface area contributed by atoms with Gasteiger partial charge in [0.05, 0.1) is 16.4 Å². The first-order valence-corrected chi connectivity index (χ1v) is 6.52. The number of carbonyl (C=O) groups excluding carboxylic acids is 1. The molecule has 0 unspecified atom stereocenters. The molecule has 2 rings (SSSR count). The molecule has 106 valence electrons. The van der Waals surface area contributed by atoms with Crippen LogP contribution < -0.4 is 10.1 Å². The largest absolute Gasteiger partial charge is 0.439 e. The van der Waals surface area contributed by atoms with Crippen molar-refractivity contribution in [3.05, 3.63) is 35.6 Å². The van der Waals surface area contributed by atoms with E-state index in [1.165, 1.54) is 25.4 Å². The average Bonchev–Trinajstić information content (AvgIpc) is 2.42. The summed E-state index contributed by atoms with van der Waals surface area (Å²) in [4.78, 5) is 22.8. The van der Waals surface area contributed by atoms with Crippen LogP contribution in [0.4, 0.5) is 11.5 Å². The molecule has 0 saturated heterocycles. The van der Waals surface area contributed by atoms with Crippen molar-refractivity contribution in [1.82, 2.24) is 9.97 Å². The maximum Gasteiger partial charge on any atom is 0.222 e. The van der Waals surface area contributed by atoms with Crippen molar-refractivity contribution < 1.29 is 9.53 Å². The number of hydrogen-bond acceptors (Lipinski definition) is 6. The molecule has 0 aliphatic carbocycles. The summed E-state index contributed by atoms with van der Waals surface area (Å²) in [5.74, 6) is 0.905. The van der Waals surface area contributed by atoms with Gasteiger partial charge in [-0.05, 0) is 18.3 Å². The minimum absolute atomic E-state index is 0.219. The van der Waals surface area contributed by atoms with Crippen LogP contribution in [0.3, 0.4) is 0 Å². The Morgan fingerprint density at radius 3 is 2.95 bits per heavy atom. The molecule has 0 spiro atoms. The zero-order valence-corrected chi connectivity index (χ0v) is 12.4. The smallest absolute Gasteiger partial charge is 0.222 e. The summed E-state index contributed by atoms with van der Waals surface area (Å²) in [6.07, 6.45) is 2.93. The first kappa shape index (κ1) is 15.1. The van der Waals surface area contributed by atoms with Gasteiger partial charge < -0.3 is 10.1 Å². The summed E-state index contributed by atoms with van der Waals surface area (Å²) in [7, 11) is 0. The third-order valence-electron chi connectivity index (χ3n) is 2.23. The van der Waals surface area contributed by atoms with Crippen molar-refractivity contribution in [1.29, 1.82) is 0 Å². The topological polar surface area (TPSA) is 76.5 Å². The van der Waals surface area contributed by atoms with Crippen molar-refractivity contribution in [2.24, 2.45) is 4.99 Å². The number of nitrogens with one attached hydrogen (secondary N) is 1. The summed E-state index contributed by atoms with van der Waals surface area (Å²) in [6, 6.07) is 4.70. The lowest BCUT2D eigenvalue weighted by atomic mass is 10.4. The SMILES string of the molecule is CC(=O)Nc1cc(Oc2cc(Cl)c(N=C=S)cn2)ccn1. The van der Waals surface area contributed by atoms with Crippen molar-refractivity contribution in [3.63, 3.8) is 0 Å². The van der Waals surface area contributed by atoms with Gasteiger partial charge >= 0.3 is 0 Å². The van der Waals surface area contributed by atoms with E-state index in [0.717, 1.165) is 0 Å². The second-order valence-electron chi connectivity index (χ2n) is 3.84. The normalized spacial score (nSPS) is 9.62. The van der Waals surface area contributed by atoms with Gasteiger partial charge in [0.1, 0.15) is 17.3 Å². The second kappa shape index (κ2) is 6.90. The third-order valence-corrected chi connectivity index (χ3v) is 2.63. The number of aliphatic imine (C=N–C) groups is 1. The molecule has 0 bridgehead atoms. The van der Waals surface area contributed by atoms with Gasteiger partial charge in [-0.25, -0.2) is 9.97 Å². The summed E-state index contributed by atoms with van der Waals surface area (Å²) >= 11 is 10.5. The molecule has 0 aliphatic heterocycles. The molecule has 0 saturated carbocycles. The monoisotopic (exact) mass is 320 g/mol. The number of nitrogens with zero attached hydrogens (tertiary/aromatic N) is 3. The van der Waals surface area contributed by atoms with Crippen LogP contribution in [0.5, 0.6) is 11.6 Å². The van der Waals surface area contributed by atoms with E-state index in [0.29, 0.717) is 22.3 Å². The molecule has 2 heterocycles. The Labute approximate surface area is 130 Å². The molecular weight excluding hydrogens is 312 g/mol. The highest BCUT2D eigenvalue weighted by molar-refractivity contribution is 7.78. The number of thiocarbonyl (C=S) groups is 1. The van der Waals surface area contributed by atoms with E-state index in [2.05, 4.69) is 37.7 Å². The molecule has 2 aromatic rings. The average molecular weight is 321 g/mol. The lowest BCUT2D eigenvalue weighted by Gasteiger charge is -2.07. The Morgan fingerprint density at radius 2 is 2.29 bits per heavy atom. The summed E-state index contributed by atoms with van der Waals surface area (Å²) in [6.45, 7) is 1.39. The summed E-state index contributed by atoms with van der Waals surface area (Å²) in [5.41, 5.74) is 0.410. The van der Waals surface area contributed by atoms with E-state index in [1.54, 1.807) is 12.1 Å². The van der Waals surface area contributed by atoms with Crippen molar-refractivity contribution in [3.8, 4) is 11.6 Å². The van der Waals surface area contributed by atoms with Crippen molar-refractivity contribution >= 4 is 46.4 Å². The maximum absolute atomic E-state index is 11.0. The van der Waals surface area contributed by atoms with Crippen LogP contribution in [0.15, 0.2) is 35.6 Å². The highest BCUT2D eigenvalue weighted by Crippen LogP contribution is 2.29. The molecule has 0 fully saturated rings. The van der Waals surface area contributed by atoms with Gasteiger partial charge in [-0.3, -0.25) is 4.79 Å². The molecule has 2 aromatic heterocycles. The van der Waals surface area contributed by atoms with E-state index >= 15 is 0 Å². The quantitative estimate of drug-likeness (QED) is 0.687. The van der Waals surface area contributed by atoms with Crippen LogP contribution in [0.25, 0.3) is 0 Å². The van der Waals surface area contributed by atoms with Crippen molar-refractivity contribution in [2.45, 2.75) is 6.92 Å². The van der Waals surface area contributed by atoms with E-state index in [-0.39, 0.29) is 11.8 Å². The summed E-state index contributed by atoms with van der Waals surface area (Å²) < 4.78 is 5.54. The zero-order valence-electron chi connectivity index (χ0n) is 10.8. The maximum atomic E-state index is 11.0. The lowest BCUT2D eigenvalue weighted by Crippen LogP contribution is -2.07. The Balaban J connectivity index is 2.20. The molecule has 6 nitrogen and oxygen atoms in total. The molecule has 1 N–H and O–H groups in total. The van der Waals surface area contributed by atoms with E-state index in [9.17, 15) is 4.79 Å². The number of carbonyl (C=O) groups is 1. The van der Waals surface area contributed by atoms with Gasteiger partial charge in [-0.1, -0.05) is 11.6 Å². The first-order valence-electron chi connectivity index (χ1n) is 5.73. The zero-order chi connectivity index (χ0) is 15.2. The summed E-state index contributed by atoms with van der Waals surface area (Å²) in [5, 5.41) is 5.11. The molecule has 0 atom stereocenters. The Hall–Kier alpha value is -2.34. The number of aromatic nitrogens is 2. The Morgan fingerprint density at radius 1 is 1.48 bits per heavy atom. The van der Waals surface area contributed by atoms with Crippen LogP contribution in [-0.4, -0.2) is 21.0 Å². The fourth-order valence-electron chi connectivity index (χ4n) is 1.44. The van der Waals surface area contributed by atoms with Gasteiger partial charge in [0, 0.05) is 25.3 Å². The fraction of sp³-hybridized carbons (Fsp3) is 0.0769. The minimum atomic E-state index is -0.219. The molecule has 1 amide bonds. The molecule has 21 heavy (non-hydrogen) atoms. The first-order chi connectivity index (χ1) is 10.1. The van der Waals surface area contributed by atoms with E-state index in [4.69, 9.17) is 16.3 Å². The van der Waals surface area contributed by atoms with E-state index < -0.39 is 0 Å². The number of amides is 1.